The Labute approximate surface area is 481 Å². The minimum atomic E-state index is -3.17. The third-order valence-electron chi connectivity index (χ3n) is 19.6. The summed E-state index contributed by atoms with van der Waals surface area (Å²) in [7, 11) is -3.17. The van der Waals surface area contributed by atoms with Gasteiger partial charge in [-0.15, -0.1) is 0 Å². The quantitative estimate of drug-likeness (QED) is 0.157. The van der Waals surface area contributed by atoms with Gasteiger partial charge in [0.2, 0.25) is 0 Å². The molecule has 6 heterocycles. The highest BCUT2D eigenvalue weighted by molar-refractivity contribution is 7.24. The van der Waals surface area contributed by atoms with Crippen LogP contribution >= 0.6 is 0 Å². The lowest BCUT2D eigenvalue weighted by atomic mass is 9.34. The van der Waals surface area contributed by atoms with Crippen molar-refractivity contribution in [1.82, 2.24) is 9.13 Å². The summed E-state index contributed by atoms with van der Waals surface area (Å²) in [5.41, 5.74) is 26.7. The number of fused-ring (bicyclic) bond motifs is 14. The van der Waals surface area contributed by atoms with Crippen LogP contribution in [0.4, 0.5) is 17.1 Å². The van der Waals surface area contributed by atoms with E-state index in [2.05, 4.69) is 283 Å². The van der Waals surface area contributed by atoms with E-state index in [1.54, 1.807) is 15.6 Å². The summed E-state index contributed by atoms with van der Waals surface area (Å²) in [6.45, 7) is 38.1. The zero-order chi connectivity index (χ0) is 56.5. The summed E-state index contributed by atoms with van der Waals surface area (Å²) in [6.07, 6.45) is 0. The highest BCUT2D eigenvalue weighted by atomic mass is 28.3. The molecule has 2 aromatic heterocycles. The first-order valence-electron chi connectivity index (χ1n) is 30.1. The van der Waals surface area contributed by atoms with Crippen LogP contribution in [-0.2, 0) is 21.7 Å². The second-order valence-corrected chi connectivity index (χ2v) is 33.1. The van der Waals surface area contributed by atoms with Gasteiger partial charge in [0.05, 0.1) is 22.2 Å². The molecule has 0 saturated heterocycles. The molecule has 81 heavy (non-hydrogen) atoms. The number of aromatic nitrogens is 2. The van der Waals surface area contributed by atoms with E-state index in [-0.39, 0.29) is 28.4 Å². The first-order chi connectivity index (χ1) is 38.4. The Kier molecular flexibility index (Phi) is 10.3. The molecule has 0 fully saturated rings. The molecular formula is C76H76BN3Si. The van der Waals surface area contributed by atoms with Crippen LogP contribution in [0, 0.1) is 0 Å². The zero-order valence-electron chi connectivity index (χ0n) is 50.6. The molecule has 0 bridgehead atoms. The topological polar surface area (TPSA) is 13.1 Å². The van der Waals surface area contributed by atoms with Gasteiger partial charge < -0.3 is 14.0 Å². The van der Waals surface area contributed by atoms with Gasteiger partial charge in [-0.25, -0.2) is 0 Å². The summed E-state index contributed by atoms with van der Waals surface area (Å²) in [4.78, 5) is 2.56. The summed E-state index contributed by atoms with van der Waals surface area (Å²) in [5, 5.41) is 11.5. The van der Waals surface area contributed by atoms with Crippen molar-refractivity contribution in [2.75, 3.05) is 4.90 Å². The fourth-order valence-electron chi connectivity index (χ4n) is 15.2. The Hall–Kier alpha value is -7.34. The predicted molar refractivity (Wildman–Crippen MR) is 354 cm³/mol. The van der Waals surface area contributed by atoms with Crippen LogP contribution in [0.15, 0.2) is 158 Å². The van der Waals surface area contributed by atoms with Gasteiger partial charge >= 0.3 is 0 Å². The number of nitrogens with zero attached hydrogens (tertiary/aromatic N) is 3. The molecular weight excluding hydrogens is 994 g/mol. The van der Waals surface area contributed by atoms with Crippen LogP contribution in [0.5, 0.6) is 0 Å². The number of hydrogen-bond donors (Lipinski definition) is 0. The fraction of sp³-hybridized carbons (Fsp3) is 0.289. The minimum absolute atomic E-state index is 0.0233. The Bertz CT molecular complexity index is 4510. The highest BCUT2D eigenvalue weighted by Gasteiger charge is 2.57. The average Bonchev–Trinajstić information content (AvgIpc) is 1.85. The molecule has 4 aliphatic heterocycles. The molecule has 0 unspecified atom stereocenters. The summed E-state index contributed by atoms with van der Waals surface area (Å²) < 4.78 is 5.54. The van der Waals surface area contributed by atoms with Crippen molar-refractivity contribution in [2.45, 2.75) is 144 Å². The first-order valence-corrected chi connectivity index (χ1v) is 32.1. The molecule has 1 spiro atoms. The molecule has 0 saturated carbocycles. The van der Waals surface area contributed by atoms with Crippen molar-refractivity contribution >= 4 is 113 Å². The monoisotopic (exact) mass is 1070 g/mol. The number of anilines is 3. The molecule has 11 aromatic rings. The van der Waals surface area contributed by atoms with Crippen molar-refractivity contribution in [3.8, 4) is 22.5 Å². The molecule has 0 radical (unpaired) electrons. The van der Waals surface area contributed by atoms with Crippen molar-refractivity contribution in [2.24, 2.45) is 0 Å². The van der Waals surface area contributed by atoms with Gasteiger partial charge in [0.25, 0.3) is 6.71 Å². The standard InChI is InChI=1S/C76H76BN3Si/c1-43(2)45-24-28-51(29-25-45)78(52-21-19-20-46(36-52)44(3)4)61-33-32-58-71-67(61)55-22-17-18-23-60(55)79(71)62-34-35-63-72-68(62)77(58)59-39-49(75(11,12)13)37-56-57-38-50(76(14,15)16)42-66(70(57)80(72)69(56)59)81(63)64-40-47(73(5,6)7)26-30-53(64)54-31-27-48(41-65(54)81)74(8,9)10/h17-44H,1-16H3. The molecule has 3 nitrogen and oxygen atoms in total. The highest BCUT2D eigenvalue weighted by Crippen LogP contribution is 2.49. The number of hydrogen-bond acceptors (Lipinski definition) is 1. The summed E-state index contributed by atoms with van der Waals surface area (Å²) in [6, 6.07) is 64.2. The molecule has 15 rings (SSSR count). The normalized spacial score (nSPS) is 14.7. The van der Waals surface area contributed by atoms with Crippen LogP contribution < -0.4 is 42.0 Å². The van der Waals surface area contributed by atoms with E-state index in [1.807, 2.05) is 0 Å². The van der Waals surface area contributed by atoms with Gasteiger partial charge in [0, 0.05) is 49.8 Å². The molecule has 0 aliphatic carbocycles. The Morgan fingerprint density at radius 3 is 1.63 bits per heavy atom. The number of para-hydroxylation sites is 1. The van der Waals surface area contributed by atoms with Crippen LogP contribution in [-0.4, -0.2) is 23.9 Å². The minimum Gasteiger partial charge on any atom is -0.310 e. The lowest BCUT2D eigenvalue weighted by Gasteiger charge is -2.43. The molecule has 0 N–H and O–H groups in total. The second kappa shape index (κ2) is 16.4. The van der Waals surface area contributed by atoms with Gasteiger partial charge in [-0.3, -0.25) is 0 Å². The number of benzene rings is 9. The smallest absolute Gasteiger partial charge is 0.252 e. The predicted octanol–water partition coefficient (Wildman–Crippen LogP) is 15.6. The lowest BCUT2D eigenvalue weighted by molar-refractivity contribution is 0.590. The molecule has 5 heteroatoms. The summed E-state index contributed by atoms with van der Waals surface area (Å²) >= 11 is 0. The van der Waals surface area contributed by atoms with E-state index in [0.29, 0.717) is 11.8 Å². The van der Waals surface area contributed by atoms with E-state index in [0.717, 1.165) is 0 Å². The summed E-state index contributed by atoms with van der Waals surface area (Å²) in [5.74, 6) is 0.826. The Morgan fingerprint density at radius 2 is 1.01 bits per heavy atom. The van der Waals surface area contributed by atoms with Crippen LogP contribution in [0.3, 0.4) is 0 Å². The third-order valence-corrected chi connectivity index (χ3v) is 24.5. The van der Waals surface area contributed by atoms with E-state index in [4.69, 9.17) is 0 Å². The third kappa shape index (κ3) is 6.76. The van der Waals surface area contributed by atoms with Crippen molar-refractivity contribution in [3.63, 3.8) is 0 Å². The van der Waals surface area contributed by atoms with Gasteiger partial charge in [-0.2, -0.15) is 0 Å². The van der Waals surface area contributed by atoms with Gasteiger partial charge in [0.15, 0.2) is 8.07 Å². The zero-order valence-corrected chi connectivity index (χ0v) is 51.6. The first kappa shape index (κ1) is 50.6. The Balaban J connectivity index is 1.14. The molecule has 9 aromatic carbocycles. The van der Waals surface area contributed by atoms with Gasteiger partial charge in [-0.05, 0) is 170 Å². The van der Waals surface area contributed by atoms with Crippen LogP contribution in [0.25, 0.3) is 66.1 Å². The maximum atomic E-state index is 2.84. The SMILES string of the molecule is CC(C)c1ccc(N(c2cccc(C(C)C)c2)c2ccc3c4c2c2ccccc2n4-c2ccc4c5c2B3c2cc(C(C)(C)C)cc3c6cc(C(C)(C)C)cc(c6n-5c23)[Si]42c3cc(C(C)(C)C)ccc3-c3ccc(C(C)(C)C)cc32)cc1. The second-order valence-electron chi connectivity index (χ2n) is 29.4. The van der Waals surface area contributed by atoms with Crippen molar-refractivity contribution in [3.05, 3.63) is 191 Å². The van der Waals surface area contributed by atoms with Gasteiger partial charge in [-0.1, -0.05) is 214 Å². The van der Waals surface area contributed by atoms with Crippen molar-refractivity contribution < 1.29 is 0 Å². The molecule has 4 aliphatic rings. The van der Waals surface area contributed by atoms with E-state index in [1.165, 1.54) is 138 Å². The van der Waals surface area contributed by atoms with E-state index < -0.39 is 8.07 Å². The van der Waals surface area contributed by atoms with Gasteiger partial charge in [0.1, 0.15) is 0 Å². The number of rotatable bonds is 5. The lowest BCUT2D eigenvalue weighted by Crippen LogP contribution is -2.77. The fourth-order valence-corrected chi connectivity index (χ4v) is 20.9. The van der Waals surface area contributed by atoms with E-state index in [9.17, 15) is 0 Å². The molecule has 402 valence electrons. The Morgan fingerprint density at radius 1 is 0.420 bits per heavy atom. The van der Waals surface area contributed by atoms with Crippen LogP contribution in [0.2, 0.25) is 0 Å². The molecule has 0 amide bonds. The van der Waals surface area contributed by atoms with E-state index >= 15 is 0 Å². The molecule has 0 atom stereocenters. The van der Waals surface area contributed by atoms with Crippen molar-refractivity contribution in [1.29, 1.82) is 0 Å². The maximum Gasteiger partial charge on any atom is 0.252 e. The average molecular weight is 1070 g/mol. The largest absolute Gasteiger partial charge is 0.310 e. The van der Waals surface area contributed by atoms with Crippen LogP contribution in [0.1, 0.15) is 156 Å². The maximum absolute atomic E-state index is 3.17.